The highest BCUT2D eigenvalue weighted by atomic mass is 32.2. The van der Waals surface area contributed by atoms with Crippen LogP contribution in [-0.2, 0) is 4.74 Å². The van der Waals surface area contributed by atoms with E-state index in [1.807, 2.05) is 12.3 Å². The Bertz CT molecular complexity index is 471. The third-order valence-corrected chi connectivity index (χ3v) is 4.51. The summed E-state index contributed by atoms with van der Waals surface area (Å²) in [4.78, 5) is 1.57. The van der Waals surface area contributed by atoms with Crippen LogP contribution in [0.15, 0.2) is 23.1 Å². The van der Waals surface area contributed by atoms with Crippen molar-refractivity contribution in [2.75, 3.05) is 24.8 Å². The van der Waals surface area contributed by atoms with Crippen molar-refractivity contribution >= 4 is 34.7 Å². The number of thiocarbonyl (C=S) groups is 1. The van der Waals surface area contributed by atoms with Crippen molar-refractivity contribution in [2.24, 2.45) is 5.73 Å². The van der Waals surface area contributed by atoms with Crippen LogP contribution in [0.25, 0.3) is 0 Å². The molecule has 104 valence electrons. The van der Waals surface area contributed by atoms with Gasteiger partial charge in [0.25, 0.3) is 0 Å². The molecule has 0 unspecified atom stereocenters. The maximum absolute atomic E-state index is 5.89. The van der Waals surface area contributed by atoms with Gasteiger partial charge in [0.2, 0.25) is 0 Å². The lowest BCUT2D eigenvalue weighted by Crippen LogP contribution is -2.41. The first-order valence-electron chi connectivity index (χ1n) is 6.38. The van der Waals surface area contributed by atoms with Gasteiger partial charge in [-0.25, -0.2) is 0 Å². The van der Waals surface area contributed by atoms with Crippen molar-refractivity contribution in [3.63, 3.8) is 0 Å². The van der Waals surface area contributed by atoms with Gasteiger partial charge in [-0.3, -0.25) is 0 Å². The van der Waals surface area contributed by atoms with Gasteiger partial charge < -0.3 is 15.8 Å². The predicted molar refractivity (Wildman–Crippen MR) is 86.2 cm³/mol. The summed E-state index contributed by atoms with van der Waals surface area (Å²) in [6.45, 7) is 3.83. The highest BCUT2D eigenvalue weighted by molar-refractivity contribution is 7.98. The second-order valence-electron chi connectivity index (χ2n) is 5.05. The summed E-state index contributed by atoms with van der Waals surface area (Å²) in [6, 6.07) is 6.14. The Balaban J connectivity index is 2.31. The van der Waals surface area contributed by atoms with Crippen LogP contribution in [-0.4, -0.2) is 30.0 Å². The summed E-state index contributed by atoms with van der Waals surface area (Å²) in [6.07, 6.45) is 4.03. The quantitative estimate of drug-likeness (QED) is 0.660. The fourth-order valence-electron chi connectivity index (χ4n) is 2.33. The van der Waals surface area contributed by atoms with E-state index in [1.165, 1.54) is 0 Å². The molecule has 1 aliphatic heterocycles. The van der Waals surface area contributed by atoms with E-state index in [4.69, 9.17) is 22.7 Å². The first-order valence-corrected chi connectivity index (χ1v) is 8.02. The number of hydrogen-bond acceptors (Lipinski definition) is 4. The van der Waals surface area contributed by atoms with Gasteiger partial charge in [0.15, 0.2) is 0 Å². The molecule has 0 atom stereocenters. The standard InChI is InChI=1S/C14H20N2OS2/c1-14(6-8-17-9-7-14)16-10-4-3-5-11(19-2)12(10)13(15)18/h3-5,16H,6-9H2,1-2H3,(H2,15,18). The van der Waals surface area contributed by atoms with E-state index in [1.54, 1.807) is 11.8 Å². The van der Waals surface area contributed by atoms with Crippen molar-refractivity contribution in [1.29, 1.82) is 0 Å². The largest absolute Gasteiger partial charge is 0.389 e. The minimum Gasteiger partial charge on any atom is -0.389 e. The Kier molecular flexibility index (Phi) is 4.71. The number of rotatable bonds is 4. The number of ether oxygens (including phenoxy) is 1. The molecule has 0 radical (unpaired) electrons. The molecule has 0 bridgehead atoms. The Labute approximate surface area is 124 Å². The molecule has 19 heavy (non-hydrogen) atoms. The predicted octanol–water partition coefficient (Wildman–Crippen LogP) is 3.02. The normalized spacial score (nSPS) is 18.0. The average Bonchev–Trinajstić information content (AvgIpc) is 2.38. The minimum absolute atomic E-state index is 0.0504. The third kappa shape index (κ3) is 3.41. The summed E-state index contributed by atoms with van der Waals surface area (Å²) in [7, 11) is 0. The first kappa shape index (κ1) is 14.6. The third-order valence-electron chi connectivity index (χ3n) is 3.53. The Hall–Kier alpha value is -0.780. The summed E-state index contributed by atoms with van der Waals surface area (Å²) in [5, 5.41) is 3.62. The smallest absolute Gasteiger partial charge is 0.107 e. The van der Waals surface area contributed by atoms with E-state index in [2.05, 4.69) is 24.4 Å². The molecule has 5 heteroatoms. The van der Waals surface area contributed by atoms with Crippen LogP contribution in [0.2, 0.25) is 0 Å². The van der Waals surface area contributed by atoms with Crippen LogP contribution < -0.4 is 11.1 Å². The average molecular weight is 296 g/mol. The fraction of sp³-hybridized carbons (Fsp3) is 0.500. The van der Waals surface area contributed by atoms with E-state index in [-0.39, 0.29) is 5.54 Å². The van der Waals surface area contributed by atoms with Crippen molar-refractivity contribution in [2.45, 2.75) is 30.2 Å². The number of anilines is 1. The van der Waals surface area contributed by atoms with E-state index in [0.29, 0.717) is 4.99 Å². The SMILES string of the molecule is CSc1cccc(NC2(C)CCOCC2)c1C(N)=S. The van der Waals surface area contributed by atoms with Crippen LogP contribution in [0.4, 0.5) is 5.69 Å². The molecule has 1 aromatic rings. The van der Waals surface area contributed by atoms with Crippen LogP contribution in [0.3, 0.4) is 0 Å². The second kappa shape index (κ2) is 6.11. The molecule has 0 aromatic heterocycles. The molecular weight excluding hydrogens is 276 g/mol. The van der Waals surface area contributed by atoms with Crippen LogP contribution in [0.1, 0.15) is 25.3 Å². The molecule has 1 aliphatic rings. The summed E-state index contributed by atoms with van der Waals surface area (Å²) < 4.78 is 5.43. The Morgan fingerprint density at radius 3 is 2.68 bits per heavy atom. The van der Waals surface area contributed by atoms with Gasteiger partial charge in [-0.15, -0.1) is 11.8 Å². The maximum atomic E-state index is 5.89. The lowest BCUT2D eigenvalue weighted by molar-refractivity contribution is 0.0658. The van der Waals surface area contributed by atoms with Crippen molar-refractivity contribution in [3.8, 4) is 0 Å². The molecule has 3 N–H and O–H groups in total. The Morgan fingerprint density at radius 2 is 2.11 bits per heavy atom. The van der Waals surface area contributed by atoms with Crippen molar-refractivity contribution < 1.29 is 4.74 Å². The molecule has 0 aliphatic carbocycles. The van der Waals surface area contributed by atoms with Crippen LogP contribution in [0, 0.1) is 0 Å². The molecule has 0 spiro atoms. The fourth-order valence-corrected chi connectivity index (χ4v) is 3.25. The number of nitrogens with one attached hydrogen (secondary N) is 1. The van der Waals surface area contributed by atoms with E-state index in [9.17, 15) is 0 Å². The van der Waals surface area contributed by atoms with Gasteiger partial charge in [0.05, 0.1) is 0 Å². The molecule has 0 saturated carbocycles. The molecule has 1 aromatic carbocycles. The van der Waals surface area contributed by atoms with Gasteiger partial charge in [0, 0.05) is 34.9 Å². The van der Waals surface area contributed by atoms with E-state index < -0.39 is 0 Å². The number of benzene rings is 1. The van der Waals surface area contributed by atoms with E-state index in [0.717, 1.165) is 42.2 Å². The number of nitrogens with two attached hydrogens (primary N) is 1. The monoisotopic (exact) mass is 296 g/mol. The second-order valence-corrected chi connectivity index (χ2v) is 6.33. The van der Waals surface area contributed by atoms with Crippen molar-refractivity contribution in [1.82, 2.24) is 0 Å². The molecule has 0 amide bonds. The zero-order chi connectivity index (χ0) is 13.9. The first-order chi connectivity index (χ1) is 9.06. The highest BCUT2D eigenvalue weighted by Gasteiger charge is 2.28. The van der Waals surface area contributed by atoms with Gasteiger partial charge >= 0.3 is 0 Å². The zero-order valence-corrected chi connectivity index (χ0v) is 13.0. The lowest BCUT2D eigenvalue weighted by atomic mass is 9.91. The summed E-state index contributed by atoms with van der Waals surface area (Å²) in [5.74, 6) is 0. The van der Waals surface area contributed by atoms with Crippen molar-refractivity contribution in [3.05, 3.63) is 23.8 Å². The van der Waals surface area contributed by atoms with E-state index >= 15 is 0 Å². The topological polar surface area (TPSA) is 47.3 Å². The zero-order valence-electron chi connectivity index (χ0n) is 11.4. The van der Waals surface area contributed by atoms with Gasteiger partial charge in [-0.05, 0) is 38.2 Å². The molecule has 2 rings (SSSR count). The minimum atomic E-state index is 0.0504. The molecule has 1 fully saturated rings. The molecule has 3 nitrogen and oxygen atoms in total. The van der Waals surface area contributed by atoms with Crippen LogP contribution >= 0.6 is 24.0 Å². The Morgan fingerprint density at radius 1 is 1.42 bits per heavy atom. The molecule has 1 saturated heterocycles. The number of hydrogen-bond donors (Lipinski definition) is 2. The highest BCUT2D eigenvalue weighted by Crippen LogP contribution is 2.31. The summed E-state index contributed by atoms with van der Waals surface area (Å²) in [5.41, 5.74) is 7.93. The van der Waals surface area contributed by atoms with Crippen LogP contribution in [0.5, 0.6) is 0 Å². The molecular formula is C14H20N2OS2. The molecule has 1 heterocycles. The summed E-state index contributed by atoms with van der Waals surface area (Å²) >= 11 is 6.87. The maximum Gasteiger partial charge on any atom is 0.107 e. The van der Waals surface area contributed by atoms with Gasteiger partial charge in [0.1, 0.15) is 4.99 Å². The lowest BCUT2D eigenvalue weighted by Gasteiger charge is -2.36. The van der Waals surface area contributed by atoms with Gasteiger partial charge in [-0.2, -0.15) is 0 Å². The van der Waals surface area contributed by atoms with Gasteiger partial charge in [-0.1, -0.05) is 18.3 Å². The number of thioether (sulfide) groups is 1.